The molecular weight excluding hydrogens is 292 g/mol. The second kappa shape index (κ2) is 7.39. The molecule has 0 aromatic heterocycles. The van der Waals surface area contributed by atoms with E-state index in [1.807, 2.05) is 0 Å². The predicted molar refractivity (Wildman–Crippen MR) is 89.6 cm³/mol. The average Bonchev–Trinajstić information content (AvgIpc) is 2.44. The van der Waals surface area contributed by atoms with Crippen molar-refractivity contribution in [3.8, 4) is 24.9 Å². The van der Waals surface area contributed by atoms with Crippen LogP contribution in [0.2, 0.25) is 0 Å². The maximum atomic E-state index is 11.9. The van der Waals surface area contributed by atoms with E-state index in [2.05, 4.69) is 43.5 Å². The number of urea groups is 1. The quantitative estimate of drug-likeness (QED) is 0.530. The molecular formula is C17H26N4O2. The third-order valence-electron chi connectivity index (χ3n) is 4.12. The number of rotatable bonds is 4. The van der Waals surface area contributed by atoms with E-state index in [1.54, 1.807) is 0 Å². The summed E-state index contributed by atoms with van der Waals surface area (Å²) < 4.78 is 0. The van der Waals surface area contributed by atoms with Crippen molar-refractivity contribution >= 4 is 11.9 Å². The lowest BCUT2D eigenvalue weighted by Crippen LogP contribution is -2.51. The first-order valence-electron chi connectivity index (χ1n) is 7.64. The topological polar surface area (TPSA) is 87.5 Å². The molecule has 2 atom stereocenters. The molecule has 6 nitrogen and oxygen atoms in total. The Labute approximate surface area is 138 Å². The minimum Gasteiger partial charge on any atom is -0.352 e. The van der Waals surface area contributed by atoms with Gasteiger partial charge in [0.2, 0.25) is 5.91 Å². The van der Waals surface area contributed by atoms with Gasteiger partial charge in [0.1, 0.15) is 0 Å². The Hall–Kier alpha value is -2.18. The number of hydrogen-bond donors (Lipinski definition) is 3. The molecule has 0 bridgehead atoms. The highest BCUT2D eigenvalue weighted by Crippen LogP contribution is 2.45. The van der Waals surface area contributed by atoms with Crippen molar-refractivity contribution < 1.29 is 9.59 Å². The van der Waals surface area contributed by atoms with Crippen LogP contribution in [0.4, 0.5) is 4.79 Å². The molecule has 1 aliphatic carbocycles. The molecule has 4 N–H and O–H groups in total. The van der Waals surface area contributed by atoms with Crippen LogP contribution in [-0.2, 0) is 4.79 Å². The Morgan fingerprint density at radius 2 is 1.87 bits per heavy atom. The van der Waals surface area contributed by atoms with Crippen LogP contribution in [0.15, 0.2) is 0 Å². The zero-order valence-corrected chi connectivity index (χ0v) is 14.1. The lowest BCUT2D eigenvalue weighted by Gasteiger charge is -2.47. The molecule has 0 aliphatic heterocycles. The number of nitrogens with one attached hydrogen (secondary N) is 2. The van der Waals surface area contributed by atoms with Crippen molar-refractivity contribution in [1.82, 2.24) is 15.5 Å². The number of carbonyl (C=O) groups is 2. The molecule has 1 rings (SSSR count). The number of terminal acetylenes is 2. The van der Waals surface area contributed by atoms with Gasteiger partial charge in [0.25, 0.3) is 0 Å². The summed E-state index contributed by atoms with van der Waals surface area (Å²) in [5.41, 5.74) is 5.25. The van der Waals surface area contributed by atoms with E-state index in [1.165, 1.54) is 0 Å². The highest BCUT2D eigenvalue weighted by Gasteiger charge is 2.41. The second-order valence-electron chi connectivity index (χ2n) is 7.28. The van der Waals surface area contributed by atoms with Crippen molar-refractivity contribution in [2.24, 2.45) is 16.6 Å². The lowest BCUT2D eigenvalue weighted by molar-refractivity contribution is -0.121. The molecule has 23 heavy (non-hydrogen) atoms. The lowest BCUT2D eigenvalue weighted by atomic mass is 9.62. The summed E-state index contributed by atoms with van der Waals surface area (Å²) in [4.78, 5) is 24.3. The molecule has 0 spiro atoms. The molecule has 1 fully saturated rings. The maximum Gasteiger partial charge on any atom is 0.341 e. The molecule has 0 saturated heterocycles. The molecule has 0 heterocycles. The van der Waals surface area contributed by atoms with Crippen LogP contribution in [0, 0.1) is 35.8 Å². The van der Waals surface area contributed by atoms with E-state index >= 15 is 0 Å². The molecule has 6 heteroatoms. The standard InChI is InChI=1S/C17H26N4O2/c1-6-21(7-2)15(23)19-12-17(5)9-13(20-14(22)10-18)8-16(3,4)11-17/h1-2,13H,8-12,18H2,3-5H3,(H,19,23)(H,20,22). The predicted octanol–water partition coefficient (Wildman–Crippen LogP) is 0.839. The molecule has 126 valence electrons. The van der Waals surface area contributed by atoms with Gasteiger partial charge in [-0.2, -0.15) is 4.90 Å². The van der Waals surface area contributed by atoms with Crippen LogP contribution < -0.4 is 16.4 Å². The van der Waals surface area contributed by atoms with Gasteiger partial charge in [-0.25, -0.2) is 4.79 Å². The fraction of sp³-hybridized carbons (Fsp3) is 0.647. The van der Waals surface area contributed by atoms with Crippen LogP contribution in [0.1, 0.15) is 40.0 Å². The molecule has 0 aromatic carbocycles. The van der Waals surface area contributed by atoms with Gasteiger partial charge in [-0.1, -0.05) is 33.6 Å². The largest absolute Gasteiger partial charge is 0.352 e. The van der Waals surface area contributed by atoms with E-state index in [4.69, 9.17) is 18.6 Å². The summed E-state index contributed by atoms with van der Waals surface area (Å²) in [5, 5.41) is 5.75. The molecule has 0 radical (unpaired) electrons. The Morgan fingerprint density at radius 3 is 2.39 bits per heavy atom. The van der Waals surface area contributed by atoms with Crippen molar-refractivity contribution in [2.75, 3.05) is 13.1 Å². The van der Waals surface area contributed by atoms with Crippen molar-refractivity contribution in [2.45, 2.75) is 46.1 Å². The average molecular weight is 318 g/mol. The highest BCUT2D eigenvalue weighted by molar-refractivity contribution is 5.78. The van der Waals surface area contributed by atoms with Crippen molar-refractivity contribution in [3.63, 3.8) is 0 Å². The van der Waals surface area contributed by atoms with Crippen LogP contribution in [0.3, 0.4) is 0 Å². The third kappa shape index (κ3) is 5.50. The van der Waals surface area contributed by atoms with Gasteiger partial charge in [-0.15, -0.1) is 0 Å². The van der Waals surface area contributed by atoms with Gasteiger partial charge < -0.3 is 16.4 Å². The first-order chi connectivity index (χ1) is 10.6. The number of amides is 3. The molecule has 1 saturated carbocycles. The number of carbonyl (C=O) groups excluding carboxylic acids is 2. The summed E-state index contributed by atoms with van der Waals surface area (Å²) in [6, 6.07) is 3.80. The van der Waals surface area contributed by atoms with Gasteiger partial charge in [-0.3, -0.25) is 4.79 Å². The van der Waals surface area contributed by atoms with Gasteiger partial charge in [0.15, 0.2) is 0 Å². The summed E-state index contributed by atoms with van der Waals surface area (Å²) in [5.74, 6) is -0.162. The smallest absolute Gasteiger partial charge is 0.341 e. The third-order valence-corrected chi connectivity index (χ3v) is 4.12. The Balaban J connectivity index is 2.75. The van der Waals surface area contributed by atoms with E-state index in [9.17, 15) is 9.59 Å². The second-order valence-corrected chi connectivity index (χ2v) is 7.28. The van der Waals surface area contributed by atoms with Crippen LogP contribution in [0.25, 0.3) is 0 Å². The minimum absolute atomic E-state index is 0.0241. The highest BCUT2D eigenvalue weighted by atomic mass is 16.2. The monoisotopic (exact) mass is 318 g/mol. The number of hydrogen-bond acceptors (Lipinski definition) is 3. The molecule has 0 aromatic rings. The van der Waals surface area contributed by atoms with Gasteiger partial charge in [0.05, 0.1) is 6.54 Å². The van der Waals surface area contributed by atoms with E-state index in [-0.39, 0.29) is 29.3 Å². The van der Waals surface area contributed by atoms with E-state index < -0.39 is 6.03 Å². The van der Waals surface area contributed by atoms with Gasteiger partial charge >= 0.3 is 6.03 Å². The van der Waals surface area contributed by atoms with E-state index in [0.717, 1.165) is 24.2 Å². The summed E-state index contributed by atoms with van der Waals surface area (Å²) in [6.07, 6.45) is 12.9. The van der Waals surface area contributed by atoms with Crippen LogP contribution >= 0.6 is 0 Å². The Kier molecular flexibility index (Phi) is 6.06. The van der Waals surface area contributed by atoms with Gasteiger partial charge in [-0.05, 0) is 30.1 Å². The molecule has 1 aliphatic rings. The Morgan fingerprint density at radius 1 is 1.26 bits per heavy atom. The summed E-state index contributed by atoms with van der Waals surface area (Å²) >= 11 is 0. The van der Waals surface area contributed by atoms with E-state index in [0.29, 0.717) is 6.54 Å². The van der Waals surface area contributed by atoms with Crippen LogP contribution in [0.5, 0.6) is 0 Å². The summed E-state index contributed by atoms with van der Waals surface area (Å²) in [7, 11) is 0. The first-order valence-corrected chi connectivity index (χ1v) is 7.64. The fourth-order valence-electron chi connectivity index (χ4n) is 3.68. The maximum absolute atomic E-state index is 11.9. The minimum atomic E-state index is -0.484. The molecule has 2 unspecified atom stereocenters. The fourth-order valence-corrected chi connectivity index (χ4v) is 3.68. The normalized spacial score (nSPS) is 25.6. The SMILES string of the molecule is C#CN(C#C)C(=O)NCC1(C)CC(NC(=O)CN)CC(C)(C)C1. The van der Waals surface area contributed by atoms with Crippen molar-refractivity contribution in [3.05, 3.63) is 0 Å². The number of nitrogens with zero attached hydrogens (tertiary/aromatic N) is 1. The zero-order chi connectivity index (χ0) is 17.7. The van der Waals surface area contributed by atoms with Crippen LogP contribution in [-0.4, -0.2) is 36.0 Å². The zero-order valence-electron chi connectivity index (χ0n) is 14.1. The van der Waals surface area contributed by atoms with Gasteiger partial charge in [0, 0.05) is 24.7 Å². The molecule has 3 amide bonds. The number of nitrogens with two attached hydrogens (primary N) is 1. The Bertz CT molecular complexity index is 530. The van der Waals surface area contributed by atoms with Crippen molar-refractivity contribution in [1.29, 1.82) is 0 Å². The first kappa shape index (κ1) is 18.9. The summed E-state index contributed by atoms with van der Waals surface area (Å²) in [6.45, 7) is 6.81.